The third-order valence-corrected chi connectivity index (χ3v) is 4.36. The molecule has 3 rings (SSSR count). The monoisotopic (exact) mass is 460 g/mol. The topological polar surface area (TPSA) is 24.5 Å². The predicted molar refractivity (Wildman–Crippen MR) is 105 cm³/mol. The fourth-order valence-corrected chi connectivity index (χ4v) is 3.37. The van der Waals surface area contributed by atoms with Crippen LogP contribution in [0.1, 0.15) is 17.2 Å². The Morgan fingerprint density at radius 1 is 0.964 bits per heavy atom. The van der Waals surface area contributed by atoms with E-state index in [1.807, 2.05) is 0 Å². The van der Waals surface area contributed by atoms with E-state index in [1.165, 1.54) is 24.3 Å². The molecular weight excluding hydrogens is 443 g/mol. The summed E-state index contributed by atoms with van der Waals surface area (Å²) in [5, 5.41) is 3.52. The van der Waals surface area contributed by atoms with Crippen LogP contribution in [-0.2, 0) is 0 Å². The second kappa shape index (κ2) is 10.5. The van der Waals surface area contributed by atoms with Gasteiger partial charge in [-0.2, -0.15) is 0 Å². The van der Waals surface area contributed by atoms with Crippen LogP contribution in [0.2, 0.25) is 5.02 Å². The lowest BCUT2D eigenvalue weighted by Gasteiger charge is -2.35. The molecule has 28 heavy (non-hydrogen) atoms. The molecule has 3 nitrogen and oxygen atoms in total. The van der Waals surface area contributed by atoms with Crippen LogP contribution in [0, 0.1) is 5.82 Å². The number of nitrogens with one attached hydrogen (secondary N) is 1. The van der Waals surface area contributed by atoms with Crippen LogP contribution >= 0.6 is 36.4 Å². The molecule has 1 aliphatic heterocycles. The third-order valence-electron chi connectivity index (χ3n) is 4.15. The van der Waals surface area contributed by atoms with Crippen LogP contribution in [0.5, 0.6) is 5.75 Å². The van der Waals surface area contributed by atoms with Crippen LogP contribution in [0.15, 0.2) is 42.5 Å². The Morgan fingerprint density at radius 2 is 1.57 bits per heavy atom. The van der Waals surface area contributed by atoms with E-state index >= 15 is 0 Å². The molecule has 0 unspecified atom stereocenters. The van der Waals surface area contributed by atoms with E-state index in [0.717, 1.165) is 31.7 Å². The fourth-order valence-electron chi connectivity index (χ4n) is 3.14. The average Bonchev–Trinajstić information content (AvgIpc) is 2.55. The number of halogens is 7. The molecule has 0 spiro atoms. The molecule has 0 amide bonds. The molecule has 156 valence electrons. The highest BCUT2D eigenvalue weighted by molar-refractivity contribution is 6.30. The van der Waals surface area contributed by atoms with E-state index in [4.69, 9.17) is 11.6 Å². The Morgan fingerprint density at radius 3 is 2.11 bits per heavy atom. The normalized spacial score (nSPS) is 15.9. The van der Waals surface area contributed by atoms with Gasteiger partial charge < -0.3 is 10.1 Å². The van der Waals surface area contributed by atoms with Crippen molar-refractivity contribution in [2.24, 2.45) is 0 Å². The number of benzene rings is 2. The smallest absolute Gasteiger partial charge is 0.406 e. The van der Waals surface area contributed by atoms with Crippen LogP contribution < -0.4 is 10.1 Å². The first-order chi connectivity index (χ1) is 12.3. The highest BCUT2D eigenvalue weighted by atomic mass is 35.5. The van der Waals surface area contributed by atoms with Gasteiger partial charge in [-0.3, -0.25) is 4.90 Å². The maximum atomic E-state index is 13.9. The molecule has 2 aromatic rings. The average molecular weight is 462 g/mol. The predicted octanol–water partition coefficient (Wildman–Crippen LogP) is 5.22. The standard InChI is InChI=1S/C18H17ClF4N2O.2ClH/c19-14-9-13(10-15(20)11-14)17(25-7-5-24-6-8-25)12-1-3-16(4-2-12)26-18(21,22)23;;/h1-4,9-11,17,24H,5-8H2;2*1H/t17-;;/m1../s1. The zero-order valence-electron chi connectivity index (χ0n) is 14.5. The summed E-state index contributed by atoms with van der Waals surface area (Å²) in [6.45, 7) is 2.99. The maximum Gasteiger partial charge on any atom is 0.573 e. The Labute approximate surface area is 177 Å². The Balaban J connectivity index is 0.00000196. The van der Waals surface area contributed by atoms with Gasteiger partial charge in [0.1, 0.15) is 11.6 Å². The second-order valence-corrected chi connectivity index (χ2v) is 6.44. The molecule has 1 N–H and O–H groups in total. The van der Waals surface area contributed by atoms with Crippen molar-refractivity contribution >= 4 is 36.4 Å². The van der Waals surface area contributed by atoms with Gasteiger partial charge in [-0.15, -0.1) is 38.0 Å². The number of alkyl halides is 3. The molecule has 0 aliphatic carbocycles. The van der Waals surface area contributed by atoms with E-state index in [9.17, 15) is 17.6 Å². The third kappa shape index (κ3) is 6.67. The van der Waals surface area contributed by atoms with E-state index in [-0.39, 0.29) is 41.6 Å². The number of ether oxygens (including phenoxy) is 1. The molecular formula is C18H19Cl3F4N2O. The van der Waals surface area contributed by atoms with Crippen molar-refractivity contribution in [2.75, 3.05) is 26.2 Å². The lowest BCUT2D eigenvalue weighted by molar-refractivity contribution is -0.274. The SMILES string of the molecule is Cl.Cl.Fc1cc(Cl)cc([C@@H](c2ccc(OC(F)(F)F)cc2)N2CCNCC2)c1. The van der Waals surface area contributed by atoms with E-state index in [0.29, 0.717) is 5.56 Å². The molecule has 1 atom stereocenters. The van der Waals surface area contributed by atoms with Gasteiger partial charge in [0.25, 0.3) is 0 Å². The van der Waals surface area contributed by atoms with Crippen molar-refractivity contribution in [3.63, 3.8) is 0 Å². The molecule has 0 bridgehead atoms. The van der Waals surface area contributed by atoms with Crippen LogP contribution in [0.4, 0.5) is 17.6 Å². The van der Waals surface area contributed by atoms with Crippen molar-refractivity contribution in [1.82, 2.24) is 10.2 Å². The van der Waals surface area contributed by atoms with Crippen molar-refractivity contribution < 1.29 is 22.3 Å². The largest absolute Gasteiger partial charge is 0.573 e. The van der Waals surface area contributed by atoms with Gasteiger partial charge in [0.2, 0.25) is 0 Å². The van der Waals surface area contributed by atoms with Crippen LogP contribution in [-0.4, -0.2) is 37.4 Å². The highest BCUT2D eigenvalue weighted by Crippen LogP contribution is 2.33. The van der Waals surface area contributed by atoms with Crippen molar-refractivity contribution in [3.8, 4) is 5.75 Å². The van der Waals surface area contributed by atoms with E-state index < -0.39 is 12.2 Å². The Bertz CT molecular complexity index is 733. The lowest BCUT2D eigenvalue weighted by Crippen LogP contribution is -2.45. The van der Waals surface area contributed by atoms with Gasteiger partial charge >= 0.3 is 6.36 Å². The summed E-state index contributed by atoms with van der Waals surface area (Å²) < 4.78 is 54.8. The first-order valence-electron chi connectivity index (χ1n) is 8.08. The van der Waals surface area contributed by atoms with Crippen LogP contribution in [0.3, 0.4) is 0 Å². The molecule has 1 heterocycles. The van der Waals surface area contributed by atoms with Crippen molar-refractivity contribution in [3.05, 3.63) is 64.4 Å². The van der Waals surface area contributed by atoms with Crippen molar-refractivity contribution in [2.45, 2.75) is 12.4 Å². The van der Waals surface area contributed by atoms with Gasteiger partial charge in [0.15, 0.2) is 0 Å². The molecule has 1 saturated heterocycles. The van der Waals surface area contributed by atoms with Gasteiger partial charge in [0.05, 0.1) is 6.04 Å². The maximum absolute atomic E-state index is 13.9. The summed E-state index contributed by atoms with van der Waals surface area (Å²) in [5.74, 6) is -0.748. The molecule has 10 heteroatoms. The zero-order valence-corrected chi connectivity index (χ0v) is 16.9. The number of hydrogen-bond donors (Lipinski definition) is 1. The molecule has 1 aliphatic rings. The quantitative estimate of drug-likeness (QED) is 0.632. The zero-order chi connectivity index (χ0) is 18.7. The number of nitrogens with zero attached hydrogens (tertiary/aromatic N) is 1. The summed E-state index contributed by atoms with van der Waals surface area (Å²) in [5.41, 5.74) is 1.39. The van der Waals surface area contributed by atoms with Gasteiger partial charge in [-0.1, -0.05) is 23.7 Å². The second-order valence-electron chi connectivity index (χ2n) is 6.01. The number of rotatable bonds is 4. The Hall–Kier alpha value is -1.25. The summed E-state index contributed by atoms with van der Waals surface area (Å²) >= 11 is 6.00. The molecule has 0 saturated carbocycles. The first kappa shape index (κ1) is 24.8. The number of hydrogen-bond acceptors (Lipinski definition) is 3. The minimum Gasteiger partial charge on any atom is -0.406 e. The fraction of sp³-hybridized carbons (Fsp3) is 0.333. The highest BCUT2D eigenvalue weighted by Gasteiger charge is 2.31. The minimum atomic E-state index is -4.74. The Kier molecular flexibility index (Phi) is 9.30. The van der Waals surface area contributed by atoms with Gasteiger partial charge in [-0.05, 0) is 41.5 Å². The molecule has 2 aromatic carbocycles. The summed E-state index contributed by atoms with van der Waals surface area (Å²) in [7, 11) is 0. The van der Waals surface area contributed by atoms with Crippen LogP contribution in [0.25, 0.3) is 0 Å². The molecule has 0 radical (unpaired) electrons. The molecule has 0 aromatic heterocycles. The van der Waals surface area contributed by atoms with E-state index in [2.05, 4.69) is 15.0 Å². The summed E-state index contributed by atoms with van der Waals surface area (Å²) in [6.07, 6.45) is -4.74. The summed E-state index contributed by atoms with van der Waals surface area (Å²) in [4.78, 5) is 2.14. The number of piperazine rings is 1. The summed E-state index contributed by atoms with van der Waals surface area (Å²) in [6, 6.07) is 9.64. The first-order valence-corrected chi connectivity index (χ1v) is 8.46. The van der Waals surface area contributed by atoms with Gasteiger partial charge in [0, 0.05) is 31.2 Å². The minimum absolute atomic E-state index is 0. The van der Waals surface area contributed by atoms with Gasteiger partial charge in [-0.25, -0.2) is 4.39 Å². The van der Waals surface area contributed by atoms with Crippen molar-refractivity contribution in [1.29, 1.82) is 0 Å². The molecule has 1 fully saturated rings. The van der Waals surface area contributed by atoms with E-state index in [1.54, 1.807) is 18.2 Å². The lowest BCUT2D eigenvalue weighted by atomic mass is 9.96.